The fraction of sp³-hybridized carbons (Fsp3) is 0.842. The lowest BCUT2D eigenvalue weighted by molar-refractivity contribution is -0.188. The Morgan fingerprint density at radius 3 is 1.55 bits per heavy atom. The van der Waals surface area contributed by atoms with Crippen LogP contribution < -0.4 is 5.32 Å². The van der Waals surface area contributed by atoms with E-state index in [0.29, 0.717) is 11.7 Å². The van der Waals surface area contributed by atoms with Gasteiger partial charge in [0.2, 0.25) is 5.91 Å². The minimum absolute atomic E-state index is 0.0942. The van der Waals surface area contributed by atoms with Crippen LogP contribution in [0.2, 0.25) is 0 Å². The molecule has 2 unspecified atom stereocenters. The third-order valence-electron chi connectivity index (χ3n) is 12.4. The second-order valence-corrected chi connectivity index (χ2v) is 21.0. The zero-order valence-corrected chi connectivity index (χ0v) is 44.0. The molecule has 374 valence electrons. The second-order valence-electron chi connectivity index (χ2n) is 19.3. The van der Waals surface area contributed by atoms with Gasteiger partial charge >= 0.3 is 0 Å². The number of unbranched alkanes of at least 4 members (excludes halogenated alkanes) is 21. The molecular formula is C57H106N2O4S. The third-order valence-corrected chi connectivity index (χ3v) is 13.5. The van der Waals surface area contributed by atoms with Gasteiger partial charge in [-0.3, -0.25) is 4.79 Å². The van der Waals surface area contributed by atoms with Crippen LogP contribution >= 0.6 is 11.8 Å². The van der Waals surface area contributed by atoms with Crippen LogP contribution in [0.1, 0.15) is 240 Å². The molecular weight excluding hydrogens is 809 g/mol. The molecule has 1 heterocycles. The number of hydrogen-bond acceptors (Lipinski definition) is 6. The highest BCUT2D eigenvalue weighted by Crippen LogP contribution is 2.40. The van der Waals surface area contributed by atoms with E-state index in [1.165, 1.54) is 141 Å². The maximum Gasteiger partial charge on any atom is 0.220 e. The maximum atomic E-state index is 12.0. The zero-order chi connectivity index (χ0) is 46.4. The first-order valence-corrected chi connectivity index (χ1v) is 28.4. The number of allylic oxidation sites excluding steroid dienone is 8. The van der Waals surface area contributed by atoms with E-state index in [1.807, 2.05) is 11.8 Å². The molecule has 7 heteroatoms. The summed E-state index contributed by atoms with van der Waals surface area (Å²) in [6.45, 7) is 12.2. The number of rotatable bonds is 47. The van der Waals surface area contributed by atoms with Gasteiger partial charge in [-0.15, -0.1) is 0 Å². The molecule has 0 spiro atoms. The zero-order valence-electron chi connectivity index (χ0n) is 43.2. The fourth-order valence-corrected chi connectivity index (χ4v) is 9.19. The molecule has 0 radical (unpaired) electrons. The van der Waals surface area contributed by atoms with E-state index < -0.39 is 5.79 Å². The van der Waals surface area contributed by atoms with Crippen molar-refractivity contribution in [2.75, 3.05) is 46.2 Å². The number of amides is 1. The van der Waals surface area contributed by atoms with Gasteiger partial charge in [-0.2, -0.15) is 11.8 Å². The molecule has 6 nitrogen and oxygen atoms in total. The van der Waals surface area contributed by atoms with Gasteiger partial charge in [0.15, 0.2) is 5.79 Å². The lowest BCUT2D eigenvalue weighted by atomic mass is 9.98. The first-order chi connectivity index (χ1) is 31.3. The summed E-state index contributed by atoms with van der Waals surface area (Å²) in [7, 11) is 4.33. The highest BCUT2D eigenvalue weighted by atomic mass is 32.2. The van der Waals surface area contributed by atoms with Gasteiger partial charge in [-0.1, -0.05) is 166 Å². The molecule has 64 heavy (non-hydrogen) atoms. The van der Waals surface area contributed by atoms with Crippen LogP contribution in [-0.4, -0.2) is 80.2 Å². The number of nitrogens with one attached hydrogen (secondary N) is 1. The summed E-state index contributed by atoms with van der Waals surface area (Å²) in [5.41, 5.74) is 0. The normalized spacial score (nSPS) is 16.7. The molecule has 1 fully saturated rings. The summed E-state index contributed by atoms with van der Waals surface area (Å²) in [5, 5.41) is 3.67. The van der Waals surface area contributed by atoms with Crippen LogP contribution in [0.4, 0.5) is 0 Å². The average molecular weight is 916 g/mol. The van der Waals surface area contributed by atoms with E-state index in [0.717, 1.165) is 96.3 Å². The van der Waals surface area contributed by atoms with Crippen LogP contribution in [-0.2, 0) is 19.0 Å². The number of carbonyl (C=O) groups is 1. The smallest absolute Gasteiger partial charge is 0.220 e. The average Bonchev–Trinajstić information content (AvgIpc) is 3.62. The minimum atomic E-state index is -0.450. The molecule has 1 N–H and O–H groups in total. The summed E-state index contributed by atoms with van der Waals surface area (Å²) in [6.07, 6.45) is 58.4. The van der Waals surface area contributed by atoms with E-state index in [-0.39, 0.29) is 18.1 Å². The minimum Gasteiger partial charge on any atom is -0.381 e. The Bertz CT molecular complexity index is 1090. The van der Waals surface area contributed by atoms with Gasteiger partial charge in [-0.05, 0) is 122 Å². The van der Waals surface area contributed by atoms with Crippen molar-refractivity contribution in [2.24, 2.45) is 0 Å². The van der Waals surface area contributed by atoms with Crippen molar-refractivity contribution in [3.8, 4) is 0 Å². The summed E-state index contributed by atoms with van der Waals surface area (Å²) in [5.74, 6) is 0.643. The van der Waals surface area contributed by atoms with Crippen LogP contribution in [0.3, 0.4) is 0 Å². The van der Waals surface area contributed by atoms with Crippen molar-refractivity contribution in [3.05, 3.63) is 48.6 Å². The molecule has 1 aliphatic heterocycles. The van der Waals surface area contributed by atoms with Gasteiger partial charge in [0, 0.05) is 51.3 Å². The highest BCUT2D eigenvalue weighted by molar-refractivity contribution is 7.99. The quantitative estimate of drug-likeness (QED) is 0.0485. The largest absolute Gasteiger partial charge is 0.381 e. The van der Waals surface area contributed by atoms with Crippen LogP contribution in [0.15, 0.2) is 48.6 Å². The Labute approximate surface area is 402 Å². The van der Waals surface area contributed by atoms with Crippen molar-refractivity contribution in [1.29, 1.82) is 0 Å². The Hall–Kier alpha value is -1.38. The fourth-order valence-electron chi connectivity index (χ4n) is 8.42. The van der Waals surface area contributed by atoms with Crippen molar-refractivity contribution in [1.82, 2.24) is 10.2 Å². The van der Waals surface area contributed by atoms with Crippen LogP contribution in [0.25, 0.3) is 0 Å². The summed E-state index contributed by atoms with van der Waals surface area (Å²) >= 11 is 1.85. The summed E-state index contributed by atoms with van der Waals surface area (Å²) in [6, 6.07) is 0. The highest BCUT2D eigenvalue weighted by Gasteiger charge is 2.46. The predicted molar refractivity (Wildman–Crippen MR) is 283 cm³/mol. The van der Waals surface area contributed by atoms with Gasteiger partial charge in [0.1, 0.15) is 0 Å². The lowest BCUT2D eigenvalue weighted by Crippen LogP contribution is -2.31. The van der Waals surface area contributed by atoms with Gasteiger partial charge in [0.05, 0.1) is 12.2 Å². The maximum absolute atomic E-state index is 12.0. The van der Waals surface area contributed by atoms with E-state index in [2.05, 4.69) is 101 Å². The molecule has 0 bridgehead atoms. The number of nitrogens with zero attached hydrogens (tertiary/aromatic N) is 1. The first kappa shape index (κ1) is 60.6. The van der Waals surface area contributed by atoms with Crippen molar-refractivity contribution in [3.63, 3.8) is 0 Å². The third kappa shape index (κ3) is 38.7. The predicted octanol–water partition coefficient (Wildman–Crippen LogP) is 16.4. The standard InChI is InChI=1S/C57H106N2O4S/c1-7-9-11-13-15-17-19-21-23-25-27-29-31-33-35-39-46-57(47-40-36-34-32-30-28-26-24-22-20-18-16-14-12-10-8-2)62-54(43-49-59(5)6)55(63-57)44-51-61-50-42-38-37-41-48-58-56(60)45-52-64-53(3)4/h15-18,21-24,53-55H,7-14,19-20,25-52H2,1-6H3,(H,58,60)/b17-15-,18-16-,23-21-,24-22-. The first-order valence-electron chi connectivity index (χ1n) is 27.4. The Morgan fingerprint density at radius 2 is 1.05 bits per heavy atom. The summed E-state index contributed by atoms with van der Waals surface area (Å²) in [4.78, 5) is 14.3. The van der Waals surface area contributed by atoms with Crippen molar-refractivity contribution < 1.29 is 19.0 Å². The SMILES string of the molecule is CCCCC/C=C\C/C=C\CCCCCCCCC1(CCCCCCCC/C=C\C/C=C\CCCCC)OC(CCOCCCCCCNC(=O)CCSC(C)C)C(CCN(C)C)O1. The number of ether oxygens (including phenoxy) is 3. The van der Waals surface area contributed by atoms with Crippen molar-refractivity contribution in [2.45, 2.75) is 263 Å². The molecule has 0 aromatic carbocycles. The second kappa shape index (κ2) is 45.4. The van der Waals surface area contributed by atoms with E-state index >= 15 is 0 Å². The Balaban J connectivity index is 2.54. The number of thioether (sulfide) groups is 1. The number of carbonyl (C=O) groups excluding carboxylic acids is 1. The van der Waals surface area contributed by atoms with Crippen LogP contribution in [0.5, 0.6) is 0 Å². The molecule has 0 aromatic rings. The lowest BCUT2D eigenvalue weighted by Gasteiger charge is -2.29. The molecule has 1 saturated heterocycles. The van der Waals surface area contributed by atoms with Crippen molar-refractivity contribution >= 4 is 17.7 Å². The van der Waals surface area contributed by atoms with Gasteiger partial charge in [-0.25, -0.2) is 0 Å². The molecule has 2 atom stereocenters. The van der Waals surface area contributed by atoms with E-state index in [4.69, 9.17) is 14.2 Å². The summed E-state index contributed by atoms with van der Waals surface area (Å²) < 4.78 is 20.4. The van der Waals surface area contributed by atoms with Gasteiger partial charge < -0.3 is 24.4 Å². The topological polar surface area (TPSA) is 60.0 Å². The molecule has 0 aliphatic carbocycles. The molecule has 1 aliphatic rings. The number of hydrogen-bond donors (Lipinski definition) is 1. The van der Waals surface area contributed by atoms with E-state index in [9.17, 15) is 4.79 Å². The molecule has 0 saturated carbocycles. The van der Waals surface area contributed by atoms with E-state index in [1.54, 1.807) is 0 Å². The Morgan fingerprint density at radius 1 is 0.594 bits per heavy atom. The monoisotopic (exact) mass is 915 g/mol. The molecule has 1 amide bonds. The van der Waals surface area contributed by atoms with Crippen LogP contribution in [0, 0.1) is 0 Å². The van der Waals surface area contributed by atoms with Gasteiger partial charge in [0.25, 0.3) is 0 Å². The molecule has 1 rings (SSSR count). The molecule has 0 aromatic heterocycles. The Kier molecular flexibility index (Phi) is 43.0.